The van der Waals surface area contributed by atoms with Crippen molar-refractivity contribution >= 4 is 11.6 Å². The summed E-state index contributed by atoms with van der Waals surface area (Å²) >= 11 is 5.60. The third-order valence-electron chi connectivity index (χ3n) is 1.02. The Kier molecular flexibility index (Phi) is 3.91. The maximum atomic E-state index is 8.40. The molecule has 9 heavy (non-hydrogen) atoms. The minimum Gasteiger partial charge on any atom is -0.392 e. The molecule has 0 atom stereocenters. The molecule has 0 aromatic heterocycles. The van der Waals surface area contributed by atoms with Gasteiger partial charge in [0.05, 0.1) is 6.61 Å². The first kappa shape index (κ1) is 8.99. The highest BCUT2D eigenvalue weighted by Crippen LogP contribution is 2.17. The molecule has 0 aromatic rings. The Hall–Kier alpha value is -0.0100. The van der Waals surface area contributed by atoms with Gasteiger partial charge in [0, 0.05) is 5.88 Å². The Labute approximate surface area is 61.3 Å². The maximum absolute atomic E-state index is 8.40. The standard InChI is InChI=1S/C7H13ClO/c1-7(2,6-8)4-3-5-9/h3-4,9H,5-6H2,1-2H3/b4-3+. The topological polar surface area (TPSA) is 20.2 Å². The Balaban J connectivity index is 3.70. The van der Waals surface area contributed by atoms with Crippen molar-refractivity contribution in [2.24, 2.45) is 5.41 Å². The SMILES string of the molecule is CC(C)(/C=C/CO)CCl. The van der Waals surface area contributed by atoms with E-state index in [2.05, 4.69) is 0 Å². The van der Waals surface area contributed by atoms with E-state index in [1.165, 1.54) is 0 Å². The van der Waals surface area contributed by atoms with E-state index in [4.69, 9.17) is 16.7 Å². The second-order valence-corrected chi connectivity index (χ2v) is 2.97. The van der Waals surface area contributed by atoms with Crippen LogP contribution in [0.5, 0.6) is 0 Å². The fourth-order valence-corrected chi connectivity index (χ4v) is 0.505. The summed E-state index contributed by atoms with van der Waals surface area (Å²) in [5, 5.41) is 8.40. The van der Waals surface area contributed by atoms with Crippen LogP contribution in [0.3, 0.4) is 0 Å². The number of hydrogen-bond donors (Lipinski definition) is 1. The molecule has 54 valence electrons. The Morgan fingerprint density at radius 2 is 2.11 bits per heavy atom. The summed E-state index contributed by atoms with van der Waals surface area (Å²) in [4.78, 5) is 0. The van der Waals surface area contributed by atoms with Crippen molar-refractivity contribution in [3.63, 3.8) is 0 Å². The van der Waals surface area contributed by atoms with Gasteiger partial charge in [0.1, 0.15) is 0 Å². The van der Waals surface area contributed by atoms with Crippen molar-refractivity contribution < 1.29 is 5.11 Å². The summed E-state index contributed by atoms with van der Waals surface area (Å²) in [6, 6.07) is 0. The number of aliphatic hydroxyl groups is 1. The molecule has 0 bridgehead atoms. The monoisotopic (exact) mass is 148 g/mol. The smallest absolute Gasteiger partial charge is 0.0612 e. The molecule has 0 saturated carbocycles. The van der Waals surface area contributed by atoms with E-state index >= 15 is 0 Å². The molecule has 0 rings (SSSR count). The average molecular weight is 149 g/mol. The fourth-order valence-electron chi connectivity index (χ4n) is 0.416. The van der Waals surface area contributed by atoms with Gasteiger partial charge in [-0.05, 0) is 5.41 Å². The van der Waals surface area contributed by atoms with Crippen molar-refractivity contribution in [2.75, 3.05) is 12.5 Å². The van der Waals surface area contributed by atoms with Crippen molar-refractivity contribution in [2.45, 2.75) is 13.8 Å². The zero-order valence-corrected chi connectivity index (χ0v) is 6.65. The summed E-state index contributed by atoms with van der Waals surface area (Å²) in [5.74, 6) is 0.587. The van der Waals surface area contributed by atoms with Crippen LogP contribution in [0.2, 0.25) is 0 Å². The molecule has 0 aliphatic heterocycles. The lowest BCUT2D eigenvalue weighted by Gasteiger charge is -2.14. The molecule has 1 N–H and O–H groups in total. The van der Waals surface area contributed by atoms with Crippen molar-refractivity contribution in [1.29, 1.82) is 0 Å². The van der Waals surface area contributed by atoms with Gasteiger partial charge in [-0.2, -0.15) is 0 Å². The molecule has 0 radical (unpaired) electrons. The van der Waals surface area contributed by atoms with E-state index in [9.17, 15) is 0 Å². The van der Waals surface area contributed by atoms with Gasteiger partial charge in [0.15, 0.2) is 0 Å². The highest BCUT2D eigenvalue weighted by Gasteiger charge is 2.09. The molecule has 0 amide bonds. The molecule has 0 unspecified atom stereocenters. The van der Waals surface area contributed by atoms with Crippen LogP contribution in [-0.4, -0.2) is 17.6 Å². The van der Waals surface area contributed by atoms with Crippen molar-refractivity contribution in [3.8, 4) is 0 Å². The fraction of sp³-hybridized carbons (Fsp3) is 0.714. The van der Waals surface area contributed by atoms with E-state index in [-0.39, 0.29) is 12.0 Å². The number of rotatable bonds is 3. The second kappa shape index (κ2) is 3.91. The molecular formula is C7H13ClO. The van der Waals surface area contributed by atoms with Crippen LogP contribution >= 0.6 is 11.6 Å². The van der Waals surface area contributed by atoms with Crippen LogP contribution in [0.1, 0.15) is 13.8 Å². The first-order chi connectivity index (χ1) is 4.12. The molecular weight excluding hydrogens is 136 g/mol. The van der Waals surface area contributed by atoms with Gasteiger partial charge in [-0.3, -0.25) is 0 Å². The van der Waals surface area contributed by atoms with E-state index in [1.54, 1.807) is 6.08 Å². The summed E-state index contributed by atoms with van der Waals surface area (Å²) in [7, 11) is 0. The van der Waals surface area contributed by atoms with E-state index in [0.717, 1.165) is 0 Å². The van der Waals surface area contributed by atoms with Crippen LogP contribution < -0.4 is 0 Å². The van der Waals surface area contributed by atoms with Crippen molar-refractivity contribution in [1.82, 2.24) is 0 Å². The molecule has 0 aromatic carbocycles. The Morgan fingerprint density at radius 1 is 1.56 bits per heavy atom. The number of hydrogen-bond acceptors (Lipinski definition) is 1. The van der Waals surface area contributed by atoms with Crippen LogP contribution in [0.25, 0.3) is 0 Å². The Bertz CT molecular complexity index is 97.1. The number of allylic oxidation sites excluding steroid dienone is 1. The molecule has 0 saturated heterocycles. The van der Waals surface area contributed by atoms with Crippen LogP contribution in [0.15, 0.2) is 12.2 Å². The highest BCUT2D eigenvalue weighted by molar-refractivity contribution is 6.18. The third-order valence-corrected chi connectivity index (χ3v) is 1.71. The van der Waals surface area contributed by atoms with Crippen LogP contribution in [-0.2, 0) is 0 Å². The van der Waals surface area contributed by atoms with E-state index < -0.39 is 0 Å². The van der Waals surface area contributed by atoms with Gasteiger partial charge in [-0.25, -0.2) is 0 Å². The normalized spacial score (nSPS) is 12.9. The lowest BCUT2D eigenvalue weighted by molar-refractivity contribution is 0.340. The molecule has 0 aliphatic rings. The first-order valence-corrected chi connectivity index (χ1v) is 3.50. The van der Waals surface area contributed by atoms with Gasteiger partial charge in [-0.1, -0.05) is 26.0 Å². The summed E-state index contributed by atoms with van der Waals surface area (Å²) in [5.41, 5.74) is 0.0181. The minimum atomic E-state index is 0.0181. The van der Waals surface area contributed by atoms with Crippen LogP contribution in [0, 0.1) is 5.41 Å². The number of halogens is 1. The summed E-state index contributed by atoms with van der Waals surface area (Å²) in [6.45, 7) is 4.14. The van der Waals surface area contributed by atoms with Gasteiger partial charge in [0.2, 0.25) is 0 Å². The Morgan fingerprint density at radius 3 is 2.44 bits per heavy atom. The molecule has 0 aliphatic carbocycles. The largest absolute Gasteiger partial charge is 0.392 e. The maximum Gasteiger partial charge on any atom is 0.0612 e. The van der Waals surface area contributed by atoms with Crippen LogP contribution in [0.4, 0.5) is 0 Å². The lowest BCUT2D eigenvalue weighted by atomic mass is 9.96. The van der Waals surface area contributed by atoms with E-state index in [1.807, 2.05) is 19.9 Å². The lowest BCUT2D eigenvalue weighted by Crippen LogP contribution is -2.08. The molecule has 0 spiro atoms. The zero-order valence-electron chi connectivity index (χ0n) is 5.89. The second-order valence-electron chi connectivity index (χ2n) is 2.71. The molecule has 1 nitrogen and oxygen atoms in total. The molecule has 2 heteroatoms. The number of alkyl halides is 1. The summed E-state index contributed by atoms with van der Waals surface area (Å²) in [6.07, 6.45) is 3.63. The molecule has 0 heterocycles. The zero-order chi connectivity index (χ0) is 7.33. The van der Waals surface area contributed by atoms with Gasteiger partial charge >= 0.3 is 0 Å². The molecule has 0 fully saturated rings. The predicted molar refractivity (Wildman–Crippen MR) is 40.7 cm³/mol. The first-order valence-electron chi connectivity index (χ1n) is 2.97. The third kappa shape index (κ3) is 4.49. The van der Waals surface area contributed by atoms with Gasteiger partial charge < -0.3 is 5.11 Å². The predicted octanol–water partition coefficient (Wildman–Crippen LogP) is 1.80. The quantitative estimate of drug-likeness (QED) is 0.478. The highest BCUT2D eigenvalue weighted by atomic mass is 35.5. The average Bonchev–Trinajstić information content (AvgIpc) is 1.84. The van der Waals surface area contributed by atoms with Crippen molar-refractivity contribution in [3.05, 3.63) is 12.2 Å². The number of aliphatic hydroxyl groups excluding tert-OH is 1. The minimum absolute atomic E-state index is 0.0181. The van der Waals surface area contributed by atoms with Gasteiger partial charge in [0.25, 0.3) is 0 Å². The van der Waals surface area contributed by atoms with E-state index in [0.29, 0.717) is 5.88 Å². The van der Waals surface area contributed by atoms with Gasteiger partial charge in [-0.15, -0.1) is 11.6 Å². The summed E-state index contributed by atoms with van der Waals surface area (Å²) < 4.78 is 0.